The molecule has 0 bridgehead atoms. The lowest BCUT2D eigenvalue weighted by molar-refractivity contribution is -0.136. The lowest BCUT2D eigenvalue weighted by Crippen LogP contribution is -2.30. The Morgan fingerprint density at radius 3 is 2.65 bits per heavy atom. The van der Waals surface area contributed by atoms with Gasteiger partial charge in [0.2, 0.25) is 0 Å². The minimum atomic E-state index is -4.24. The van der Waals surface area contributed by atoms with E-state index in [0.717, 1.165) is 23.7 Å². The molecule has 184 valence electrons. The lowest BCUT2D eigenvalue weighted by Gasteiger charge is -2.06. The molecule has 34 heavy (non-hydrogen) atoms. The van der Waals surface area contributed by atoms with Crippen LogP contribution in [-0.4, -0.2) is 48.0 Å². The molecule has 0 saturated carbocycles. The molecule has 0 radical (unpaired) electrons. The number of imidazole rings is 1. The maximum Gasteiger partial charge on any atom is 0.390 e. The first-order valence-corrected chi connectivity index (χ1v) is 12.6. The third-order valence-electron chi connectivity index (χ3n) is 4.62. The van der Waals surface area contributed by atoms with Crippen molar-refractivity contribution in [1.29, 1.82) is 0 Å². The molecule has 0 saturated heterocycles. The van der Waals surface area contributed by atoms with Crippen LogP contribution in [0.3, 0.4) is 0 Å². The molecule has 14 heteroatoms. The number of rotatable bonds is 8. The van der Waals surface area contributed by atoms with Crippen LogP contribution in [0.5, 0.6) is 0 Å². The van der Waals surface area contributed by atoms with Crippen LogP contribution in [0.1, 0.15) is 17.8 Å². The average molecular weight is 520 g/mol. The normalized spacial score (nSPS) is 12.1. The van der Waals surface area contributed by atoms with E-state index in [9.17, 15) is 30.8 Å². The largest absolute Gasteiger partial charge is 0.390 e. The molecule has 0 fully saturated rings. The van der Waals surface area contributed by atoms with E-state index < -0.39 is 39.2 Å². The van der Waals surface area contributed by atoms with Gasteiger partial charge in [-0.1, -0.05) is 17.4 Å². The van der Waals surface area contributed by atoms with Gasteiger partial charge in [-0.05, 0) is 24.6 Å². The molecule has 2 N–H and O–H groups in total. The molecule has 1 aromatic carbocycles. The molecular weight excluding hydrogens is 498 g/mol. The van der Waals surface area contributed by atoms with Gasteiger partial charge >= 0.3 is 12.2 Å². The van der Waals surface area contributed by atoms with Crippen LogP contribution in [0.4, 0.5) is 27.5 Å². The van der Waals surface area contributed by atoms with Crippen LogP contribution in [0.2, 0.25) is 0 Å². The zero-order valence-electron chi connectivity index (χ0n) is 18.1. The topological polar surface area (TPSA) is 106 Å². The van der Waals surface area contributed by atoms with Crippen molar-refractivity contribution in [2.24, 2.45) is 0 Å². The van der Waals surface area contributed by atoms with Gasteiger partial charge in [0.15, 0.2) is 15.0 Å². The molecule has 0 aliphatic carbocycles. The summed E-state index contributed by atoms with van der Waals surface area (Å²) in [5.41, 5.74) is 1.49. The van der Waals surface area contributed by atoms with Gasteiger partial charge in [0, 0.05) is 32.0 Å². The number of hydrogen-bond acceptors (Lipinski definition) is 6. The maximum absolute atomic E-state index is 14.2. The lowest BCUT2D eigenvalue weighted by atomic mass is 10.1. The first-order valence-electron chi connectivity index (χ1n) is 9.91. The summed E-state index contributed by atoms with van der Waals surface area (Å²) in [6.45, 7) is 1.64. The van der Waals surface area contributed by atoms with E-state index >= 15 is 0 Å². The number of aryl methyl sites for hydroxylation is 2. The highest BCUT2D eigenvalue weighted by atomic mass is 32.2. The predicted octanol–water partition coefficient (Wildman–Crippen LogP) is 4.17. The van der Waals surface area contributed by atoms with E-state index in [0.29, 0.717) is 28.2 Å². The van der Waals surface area contributed by atoms with Crippen LogP contribution in [0.15, 0.2) is 35.6 Å². The monoisotopic (exact) mass is 519 g/mol. The predicted molar refractivity (Wildman–Crippen MR) is 119 cm³/mol. The molecule has 0 atom stereocenters. The summed E-state index contributed by atoms with van der Waals surface area (Å²) >= 11 is 1.10. The number of carbonyl (C=O) groups excluding carboxylic acids is 1. The summed E-state index contributed by atoms with van der Waals surface area (Å²) in [4.78, 5) is 20.6. The average Bonchev–Trinajstić information content (AvgIpc) is 3.31. The molecule has 2 heterocycles. The highest BCUT2D eigenvalue weighted by Gasteiger charge is 2.26. The first-order chi connectivity index (χ1) is 15.8. The zero-order valence-corrected chi connectivity index (χ0v) is 19.7. The Kier molecular flexibility index (Phi) is 7.60. The van der Waals surface area contributed by atoms with Crippen molar-refractivity contribution in [3.05, 3.63) is 47.9 Å². The summed E-state index contributed by atoms with van der Waals surface area (Å²) in [5.74, 6) is -0.874. The fourth-order valence-electron chi connectivity index (χ4n) is 3.02. The third-order valence-corrected chi connectivity index (χ3v) is 6.87. The van der Waals surface area contributed by atoms with Crippen LogP contribution < -0.4 is 10.6 Å². The van der Waals surface area contributed by atoms with Crippen molar-refractivity contribution in [3.63, 3.8) is 0 Å². The van der Waals surface area contributed by atoms with Gasteiger partial charge in [-0.15, -0.1) is 0 Å². The zero-order chi connectivity index (χ0) is 25.1. The minimum Gasteiger partial charge on any atom is -0.337 e. The number of halogens is 4. The molecule has 8 nitrogen and oxygen atoms in total. The van der Waals surface area contributed by atoms with Crippen molar-refractivity contribution in [2.45, 2.75) is 37.4 Å². The summed E-state index contributed by atoms with van der Waals surface area (Å²) in [6, 6.07) is 3.21. The Morgan fingerprint density at radius 1 is 1.26 bits per heavy atom. The minimum absolute atomic E-state index is 0.192. The van der Waals surface area contributed by atoms with Gasteiger partial charge in [0.1, 0.15) is 10.7 Å². The Hall–Kier alpha value is -3.00. The fraction of sp³-hybridized carbons (Fsp3) is 0.350. The second-order valence-corrected chi connectivity index (χ2v) is 10.4. The molecule has 0 aliphatic rings. The summed E-state index contributed by atoms with van der Waals surface area (Å²) < 4.78 is 75.6. The molecule has 2 amide bonds. The summed E-state index contributed by atoms with van der Waals surface area (Å²) in [6.07, 6.45) is -1.15. The second kappa shape index (κ2) is 10.1. The number of thiazole rings is 1. The quantitative estimate of drug-likeness (QED) is 0.435. The first kappa shape index (κ1) is 25.6. The standard InChI is InChI=1S/C20H21F4N5O3S2/c1-12-17(13-3-4-16(15(21)9-13)34(2,31)32)33-19(27-12)28-18(30)25-7-5-14-10-29(11-26-14)8-6-20(22,23)24/h3-4,9-11H,5-8H2,1-2H3,(H2,25,27,28,30). The van der Waals surface area contributed by atoms with Crippen molar-refractivity contribution >= 4 is 32.3 Å². The van der Waals surface area contributed by atoms with Crippen molar-refractivity contribution in [3.8, 4) is 10.4 Å². The van der Waals surface area contributed by atoms with E-state index in [2.05, 4.69) is 20.6 Å². The number of alkyl halides is 3. The van der Waals surface area contributed by atoms with Crippen molar-refractivity contribution in [1.82, 2.24) is 19.9 Å². The van der Waals surface area contributed by atoms with E-state index in [1.807, 2.05) is 0 Å². The number of benzene rings is 1. The molecule has 3 rings (SSSR count). The van der Waals surface area contributed by atoms with Crippen molar-refractivity contribution in [2.75, 3.05) is 18.1 Å². The number of urea groups is 1. The smallest absolute Gasteiger partial charge is 0.337 e. The van der Waals surface area contributed by atoms with E-state index in [-0.39, 0.29) is 18.2 Å². The molecular formula is C20H21F4N5O3S2. The molecule has 2 aromatic heterocycles. The molecule has 0 aliphatic heterocycles. The molecule has 0 spiro atoms. The third kappa shape index (κ3) is 7.00. The van der Waals surface area contributed by atoms with Gasteiger partial charge in [-0.25, -0.2) is 27.6 Å². The number of hydrogen-bond donors (Lipinski definition) is 2. The van der Waals surface area contributed by atoms with Crippen LogP contribution >= 0.6 is 11.3 Å². The Bertz CT molecular complexity index is 1290. The molecule has 3 aromatic rings. The van der Waals surface area contributed by atoms with Gasteiger partial charge in [0.25, 0.3) is 0 Å². The SMILES string of the molecule is Cc1nc(NC(=O)NCCc2cn(CCC(F)(F)F)cn2)sc1-c1ccc(S(C)(=O)=O)c(F)c1. The second-order valence-electron chi connectivity index (χ2n) is 7.45. The van der Waals surface area contributed by atoms with E-state index in [4.69, 9.17) is 0 Å². The fourth-order valence-corrected chi connectivity index (χ4v) is 4.71. The number of anilines is 1. The highest BCUT2D eigenvalue weighted by Crippen LogP contribution is 2.34. The number of amides is 2. The van der Waals surface area contributed by atoms with Crippen LogP contribution in [0.25, 0.3) is 10.4 Å². The van der Waals surface area contributed by atoms with Crippen LogP contribution in [0, 0.1) is 12.7 Å². The maximum atomic E-state index is 14.2. The summed E-state index contributed by atoms with van der Waals surface area (Å²) in [7, 11) is -3.69. The Morgan fingerprint density at radius 2 is 2.00 bits per heavy atom. The van der Waals surface area contributed by atoms with Gasteiger partial charge in [0.05, 0.1) is 29.0 Å². The van der Waals surface area contributed by atoms with Crippen molar-refractivity contribution < 1.29 is 30.8 Å². The number of carbonyl (C=O) groups is 1. The number of nitrogens with one attached hydrogen (secondary N) is 2. The summed E-state index contributed by atoms with van der Waals surface area (Å²) in [5, 5.41) is 5.43. The molecule has 0 unspecified atom stereocenters. The highest BCUT2D eigenvalue weighted by molar-refractivity contribution is 7.90. The Balaban J connectivity index is 1.54. The van der Waals surface area contributed by atoms with Gasteiger partial charge in [-0.3, -0.25) is 5.32 Å². The van der Waals surface area contributed by atoms with Gasteiger partial charge < -0.3 is 9.88 Å². The van der Waals surface area contributed by atoms with Crippen LogP contribution in [-0.2, 0) is 22.8 Å². The number of sulfone groups is 1. The van der Waals surface area contributed by atoms with Gasteiger partial charge in [-0.2, -0.15) is 13.2 Å². The van der Waals surface area contributed by atoms with E-state index in [1.165, 1.54) is 29.2 Å². The van der Waals surface area contributed by atoms with E-state index in [1.54, 1.807) is 6.92 Å². The Labute approximate surface area is 197 Å². The number of aromatic nitrogens is 3. The number of nitrogens with zero attached hydrogens (tertiary/aromatic N) is 3.